The smallest absolute Gasteiger partial charge is 0.352 e. The number of rotatable bonds is 10. The van der Waals surface area contributed by atoms with Crippen LogP contribution in [0.5, 0.6) is 0 Å². The number of carbonyl (C=O) groups excluding carboxylic acids is 4. The van der Waals surface area contributed by atoms with Gasteiger partial charge in [0.25, 0.3) is 11.8 Å². The van der Waals surface area contributed by atoms with Crippen LogP contribution in [0.4, 0.5) is 10.5 Å². The molecule has 3 aromatic rings. The lowest BCUT2D eigenvalue weighted by Gasteiger charge is -2.49. The first-order valence-corrected chi connectivity index (χ1v) is 16.0. The Morgan fingerprint density at radius 3 is 2.68 bits per heavy atom. The van der Waals surface area contributed by atoms with Gasteiger partial charge in [-0.2, -0.15) is 0 Å². The van der Waals surface area contributed by atoms with E-state index in [9.17, 15) is 29.1 Å². The number of imide groups is 1. The number of aromatic nitrogens is 4. The zero-order valence-corrected chi connectivity index (χ0v) is 25.8. The number of urea groups is 1. The molecule has 0 spiro atoms. The van der Waals surface area contributed by atoms with Crippen LogP contribution < -0.4 is 10.6 Å². The fourth-order valence-corrected chi connectivity index (χ4v) is 7.56. The van der Waals surface area contributed by atoms with Crippen molar-refractivity contribution in [1.29, 1.82) is 0 Å². The number of aryl methyl sites for hydroxylation is 1. The predicted octanol–water partition coefficient (Wildman–Crippen LogP) is 2.05. The molecule has 44 heavy (non-hydrogen) atoms. The van der Waals surface area contributed by atoms with E-state index in [1.807, 2.05) is 30.3 Å². The van der Waals surface area contributed by atoms with Gasteiger partial charge in [-0.15, -0.1) is 28.2 Å². The Bertz CT molecular complexity index is 1670. The number of hydrogen-bond donors (Lipinski definition) is 3. The van der Waals surface area contributed by atoms with Gasteiger partial charge in [0.05, 0.1) is 12.1 Å². The summed E-state index contributed by atoms with van der Waals surface area (Å²) in [5.74, 6) is -2.09. The normalized spacial score (nSPS) is 17.7. The lowest BCUT2D eigenvalue weighted by molar-refractivity contribution is -0.150. The van der Waals surface area contributed by atoms with Crippen molar-refractivity contribution in [3.05, 3.63) is 69.6 Å². The van der Waals surface area contributed by atoms with Crippen LogP contribution >= 0.6 is 34.9 Å². The maximum absolute atomic E-state index is 13.0. The minimum absolute atomic E-state index is 0.0904. The highest BCUT2D eigenvalue weighted by molar-refractivity contribution is 8.01. The van der Waals surface area contributed by atoms with E-state index < -0.39 is 41.1 Å². The van der Waals surface area contributed by atoms with Crippen molar-refractivity contribution >= 4 is 76.3 Å². The number of thioether (sulfide) groups is 2. The van der Waals surface area contributed by atoms with Gasteiger partial charge in [0, 0.05) is 36.6 Å². The third kappa shape index (κ3) is 6.68. The first kappa shape index (κ1) is 31.0. The van der Waals surface area contributed by atoms with Crippen LogP contribution in [0.2, 0.25) is 0 Å². The lowest BCUT2D eigenvalue weighted by Crippen LogP contribution is -2.70. The largest absolute Gasteiger partial charge is 0.477 e. The number of hydrogen-bond acceptors (Lipinski definition) is 11. The second-order valence-corrected chi connectivity index (χ2v) is 12.6. The summed E-state index contributed by atoms with van der Waals surface area (Å²) in [5.41, 5.74) is 1.65. The van der Waals surface area contributed by atoms with Crippen LogP contribution in [0.1, 0.15) is 10.4 Å². The topological polar surface area (TPSA) is 180 Å². The van der Waals surface area contributed by atoms with E-state index in [0.29, 0.717) is 27.0 Å². The van der Waals surface area contributed by atoms with Gasteiger partial charge in [-0.3, -0.25) is 24.2 Å². The summed E-state index contributed by atoms with van der Waals surface area (Å²) in [4.78, 5) is 66.0. The molecule has 1 saturated heterocycles. The summed E-state index contributed by atoms with van der Waals surface area (Å²) >= 11 is 3.87. The number of carboxylic acids is 1. The van der Waals surface area contributed by atoms with Crippen LogP contribution in [0.25, 0.3) is 6.08 Å². The molecule has 1 unspecified atom stereocenters. The van der Waals surface area contributed by atoms with Crippen molar-refractivity contribution in [2.45, 2.75) is 23.0 Å². The molecule has 0 saturated carbocycles. The molecule has 0 bridgehead atoms. The predicted molar refractivity (Wildman–Crippen MR) is 164 cm³/mol. The molecule has 5 amide bonds. The van der Waals surface area contributed by atoms with E-state index >= 15 is 0 Å². The first-order chi connectivity index (χ1) is 21.1. The van der Waals surface area contributed by atoms with Crippen LogP contribution in [0.15, 0.2) is 64.3 Å². The molecule has 17 heteroatoms. The van der Waals surface area contributed by atoms with Gasteiger partial charge in [-0.25, -0.2) is 14.3 Å². The average molecular weight is 655 g/mol. The molecule has 2 atom stereocenters. The Kier molecular flexibility index (Phi) is 9.46. The SMILES string of the molecule is CN(C(=O)/C=C/c1ccccc1)C(=O)Nc1ccsc1CC(=O)NC1C(=O)N2C(C(=O)O)=C(CSc3nnnn3C)CS[C@H]12. The monoisotopic (exact) mass is 654 g/mol. The summed E-state index contributed by atoms with van der Waals surface area (Å²) in [5, 5.41) is 28.1. The van der Waals surface area contributed by atoms with Crippen LogP contribution in [0.3, 0.4) is 0 Å². The van der Waals surface area contributed by atoms with Gasteiger partial charge >= 0.3 is 12.0 Å². The second kappa shape index (κ2) is 13.4. The van der Waals surface area contributed by atoms with E-state index in [2.05, 4.69) is 26.2 Å². The third-order valence-corrected chi connectivity index (χ3v) is 10.0. The summed E-state index contributed by atoms with van der Waals surface area (Å²) in [6.07, 6.45) is 2.77. The lowest BCUT2D eigenvalue weighted by atomic mass is 10.0. The fourth-order valence-electron chi connectivity index (χ4n) is 4.39. The highest BCUT2D eigenvalue weighted by Crippen LogP contribution is 2.41. The molecule has 0 radical (unpaired) electrons. The summed E-state index contributed by atoms with van der Waals surface area (Å²) in [7, 11) is 3.02. The number of β-lactam (4-membered cyclic amide) rings is 1. The van der Waals surface area contributed by atoms with Crippen molar-refractivity contribution < 1.29 is 29.1 Å². The van der Waals surface area contributed by atoms with Crippen LogP contribution in [-0.4, -0.2) is 94.8 Å². The van der Waals surface area contributed by atoms with Gasteiger partial charge in [0.1, 0.15) is 17.1 Å². The number of anilines is 1. The Morgan fingerprint density at radius 2 is 1.98 bits per heavy atom. The van der Waals surface area contributed by atoms with Crippen molar-refractivity contribution in [2.24, 2.45) is 7.05 Å². The minimum atomic E-state index is -1.22. The van der Waals surface area contributed by atoms with Crippen molar-refractivity contribution in [1.82, 2.24) is 35.3 Å². The van der Waals surface area contributed by atoms with Gasteiger partial charge in [-0.1, -0.05) is 42.1 Å². The van der Waals surface area contributed by atoms with E-state index in [1.54, 1.807) is 24.6 Å². The first-order valence-electron chi connectivity index (χ1n) is 13.1. The number of fused-ring (bicyclic) bond motifs is 1. The molecule has 5 rings (SSSR count). The third-order valence-electron chi connectivity index (χ3n) is 6.68. The second-order valence-electron chi connectivity index (χ2n) is 9.59. The maximum atomic E-state index is 13.0. The highest BCUT2D eigenvalue weighted by atomic mass is 32.2. The highest BCUT2D eigenvalue weighted by Gasteiger charge is 2.54. The molecular weight excluding hydrogens is 629 g/mol. The Morgan fingerprint density at radius 1 is 1.20 bits per heavy atom. The number of nitrogens with zero attached hydrogens (tertiary/aromatic N) is 6. The number of aliphatic carboxylic acids is 1. The Hall–Kier alpha value is -4.48. The maximum Gasteiger partial charge on any atom is 0.352 e. The minimum Gasteiger partial charge on any atom is -0.477 e. The molecule has 2 aromatic heterocycles. The molecule has 0 aliphatic carbocycles. The number of carboxylic acid groups (broad SMARTS) is 1. The summed E-state index contributed by atoms with van der Waals surface area (Å²) in [6.45, 7) is 0. The standard InChI is InChI=1S/C27H26N8O6S3/c1-33(20(37)9-8-15-6-4-3-5-7-15)26(41)28-17-10-11-42-18(17)12-19(36)29-21-23(38)35-22(25(39)40)16(13-43-24(21)35)14-44-27-30-31-32-34(27)2/h3-11,21,24H,12-14H2,1-2H3,(H,28,41)(H,29,36)(H,39,40)/b9-8+/t21?,24-/m1/s1. The molecule has 4 heterocycles. The van der Waals surface area contributed by atoms with E-state index in [4.69, 9.17) is 0 Å². The molecule has 14 nitrogen and oxygen atoms in total. The summed E-state index contributed by atoms with van der Waals surface area (Å²) in [6, 6.07) is 9.24. The van der Waals surface area contributed by atoms with Crippen molar-refractivity contribution in [3.8, 4) is 0 Å². The van der Waals surface area contributed by atoms with Crippen molar-refractivity contribution in [3.63, 3.8) is 0 Å². The van der Waals surface area contributed by atoms with Gasteiger partial charge < -0.3 is 15.7 Å². The molecule has 228 valence electrons. The number of nitrogens with one attached hydrogen (secondary N) is 2. The average Bonchev–Trinajstić information content (AvgIpc) is 3.64. The van der Waals surface area contributed by atoms with Gasteiger partial charge in [-0.05, 0) is 39.1 Å². The molecule has 2 aliphatic rings. The van der Waals surface area contributed by atoms with Crippen LogP contribution in [0, 0.1) is 0 Å². The number of amides is 5. The molecule has 2 aliphatic heterocycles. The van der Waals surface area contributed by atoms with Crippen LogP contribution in [-0.2, 0) is 32.6 Å². The van der Waals surface area contributed by atoms with Crippen molar-refractivity contribution in [2.75, 3.05) is 23.9 Å². The summed E-state index contributed by atoms with van der Waals surface area (Å²) < 4.78 is 1.47. The Balaban J connectivity index is 1.17. The number of carbonyl (C=O) groups is 5. The number of tetrazole rings is 1. The molecule has 1 aromatic carbocycles. The quantitative estimate of drug-likeness (QED) is 0.165. The molecule has 3 N–H and O–H groups in total. The number of likely N-dealkylation sites (N-methyl/N-ethyl adjacent to an activating group) is 1. The molecular formula is C27H26N8O6S3. The fraction of sp³-hybridized carbons (Fsp3) is 0.259. The van der Waals surface area contributed by atoms with Gasteiger partial charge in [0.2, 0.25) is 11.1 Å². The Labute approximate surface area is 263 Å². The van der Waals surface area contributed by atoms with E-state index in [-0.39, 0.29) is 17.9 Å². The van der Waals surface area contributed by atoms with E-state index in [1.165, 1.54) is 57.6 Å². The van der Waals surface area contributed by atoms with Gasteiger partial charge in [0.15, 0.2) is 0 Å². The zero-order valence-electron chi connectivity index (χ0n) is 23.4. The van der Waals surface area contributed by atoms with E-state index in [0.717, 1.165) is 10.5 Å². The number of benzene rings is 1. The zero-order chi connectivity index (χ0) is 31.4. The molecule has 1 fully saturated rings. The number of thiophene rings is 1.